The lowest BCUT2D eigenvalue weighted by Gasteiger charge is -2.27. The summed E-state index contributed by atoms with van der Waals surface area (Å²) in [6, 6.07) is 20.3. The van der Waals surface area contributed by atoms with Gasteiger partial charge in [0.25, 0.3) is 17.0 Å². The quantitative estimate of drug-likeness (QED) is 0.308. The zero-order valence-electron chi connectivity index (χ0n) is 17.5. The van der Waals surface area contributed by atoms with E-state index in [9.17, 15) is 14.4 Å². The maximum Gasteiger partial charge on any atom is 0.344 e. The summed E-state index contributed by atoms with van der Waals surface area (Å²) in [7, 11) is 0. The molecule has 170 valence electrons. The first kappa shape index (κ1) is 21.5. The molecule has 10 nitrogen and oxygen atoms in total. The smallest absolute Gasteiger partial charge is 0.344 e. The molecule has 2 N–H and O–H groups in total. The Hall–Kier alpha value is -4.38. The summed E-state index contributed by atoms with van der Waals surface area (Å²) in [5, 5.41) is 11.3. The summed E-state index contributed by atoms with van der Waals surface area (Å²) < 4.78 is 10.6. The van der Waals surface area contributed by atoms with Crippen molar-refractivity contribution in [1.82, 2.24) is 25.9 Å². The number of hydrogen-bond acceptors (Lipinski definition) is 8. The van der Waals surface area contributed by atoms with E-state index < -0.39 is 23.4 Å². The third kappa shape index (κ3) is 3.82. The van der Waals surface area contributed by atoms with Gasteiger partial charge >= 0.3 is 6.03 Å². The second kappa shape index (κ2) is 8.87. The molecule has 1 aliphatic heterocycles. The summed E-state index contributed by atoms with van der Waals surface area (Å²) in [5.74, 6) is -0.798. The molecule has 1 aliphatic rings. The highest BCUT2D eigenvalue weighted by Crippen LogP contribution is 2.35. The molecule has 1 fully saturated rings. The minimum Gasteiger partial charge on any atom is -0.459 e. The largest absolute Gasteiger partial charge is 0.459 e. The predicted octanol–water partition coefficient (Wildman–Crippen LogP) is 2.95. The fourth-order valence-electron chi connectivity index (χ4n) is 3.62. The van der Waals surface area contributed by atoms with Crippen molar-refractivity contribution in [1.29, 1.82) is 0 Å². The number of carbonyl (C=O) groups is 3. The first-order chi connectivity index (χ1) is 16.6. The summed E-state index contributed by atoms with van der Waals surface area (Å²) in [6.45, 7) is 0. The van der Waals surface area contributed by atoms with Crippen LogP contribution in [0.5, 0.6) is 0 Å². The van der Waals surface area contributed by atoms with E-state index in [1.807, 2.05) is 12.1 Å². The predicted molar refractivity (Wildman–Crippen MR) is 120 cm³/mol. The number of thioether (sulfide) groups is 1. The van der Waals surface area contributed by atoms with Crippen LogP contribution in [0.2, 0.25) is 0 Å². The minimum atomic E-state index is -1.47. The first-order valence-electron chi connectivity index (χ1n) is 10.2. The second-order valence-corrected chi connectivity index (χ2v) is 8.15. The first-order valence-corrected chi connectivity index (χ1v) is 11.1. The van der Waals surface area contributed by atoms with E-state index in [2.05, 4.69) is 20.9 Å². The molecule has 0 bridgehead atoms. The Labute approximate surface area is 197 Å². The van der Waals surface area contributed by atoms with Gasteiger partial charge in [-0.2, -0.15) is 5.01 Å². The van der Waals surface area contributed by atoms with E-state index in [-0.39, 0.29) is 16.9 Å². The number of carbonyl (C=O) groups excluding carboxylic acids is 3. The van der Waals surface area contributed by atoms with E-state index in [1.54, 1.807) is 60.7 Å². The zero-order valence-corrected chi connectivity index (χ0v) is 18.3. The summed E-state index contributed by atoms with van der Waals surface area (Å²) in [4.78, 5) is 38.9. The maximum absolute atomic E-state index is 13.6. The number of amides is 4. The molecule has 4 aromatic rings. The summed E-state index contributed by atoms with van der Waals surface area (Å²) >= 11 is 0.961. The van der Waals surface area contributed by atoms with Gasteiger partial charge in [-0.15, -0.1) is 10.2 Å². The van der Waals surface area contributed by atoms with Gasteiger partial charge in [0.1, 0.15) is 0 Å². The number of hydrazine groups is 1. The molecule has 2 aromatic heterocycles. The third-order valence-electron chi connectivity index (χ3n) is 5.14. The van der Waals surface area contributed by atoms with Crippen LogP contribution in [0, 0.1) is 0 Å². The zero-order chi connectivity index (χ0) is 23.5. The Morgan fingerprint density at radius 2 is 1.65 bits per heavy atom. The van der Waals surface area contributed by atoms with Crippen molar-refractivity contribution < 1.29 is 23.2 Å². The van der Waals surface area contributed by atoms with E-state index in [4.69, 9.17) is 8.83 Å². The van der Waals surface area contributed by atoms with Crippen molar-refractivity contribution >= 4 is 29.6 Å². The molecule has 3 heterocycles. The average Bonchev–Trinajstić information content (AvgIpc) is 3.61. The van der Waals surface area contributed by atoms with Gasteiger partial charge in [0.2, 0.25) is 5.91 Å². The van der Waals surface area contributed by atoms with E-state index in [0.29, 0.717) is 21.9 Å². The highest BCUT2D eigenvalue weighted by molar-refractivity contribution is 7.99. The molecule has 11 heteroatoms. The minimum absolute atomic E-state index is 0.140. The Balaban J connectivity index is 1.32. The van der Waals surface area contributed by atoms with Gasteiger partial charge in [0.05, 0.1) is 12.0 Å². The van der Waals surface area contributed by atoms with E-state index >= 15 is 0 Å². The topological polar surface area (TPSA) is 131 Å². The normalized spacial score (nSPS) is 14.8. The van der Waals surface area contributed by atoms with Crippen LogP contribution in [-0.4, -0.2) is 38.8 Å². The van der Waals surface area contributed by atoms with E-state index in [0.717, 1.165) is 11.8 Å². The number of nitrogens with zero attached hydrogens (tertiary/aromatic N) is 3. The van der Waals surface area contributed by atoms with Crippen molar-refractivity contribution in [2.75, 3.05) is 5.75 Å². The van der Waals surface area contributed by atoms with Crippen LogP contribution in [0.15, 0.2) is 93.1 Å². The van der Waals surface area contributed by atoms with Crippen LogP contribution >= 0.6 is 11.8 Å². The molecule has 0 aliphatic carbocycles. The lowest BCUT2D eigenvalue weighted by atomic mass is 9.83. The molecule has 0 unspecified atom stereocenters. The molecule has 5 rings (SSSR count). The summed E-state index contributed by atoms with van der Waals surface area (Å²) in [6.07, 6.45) is 1.48. The van der Waals surface area contributed by atoms with Crippen LogP contribution < -0.4 is 10.7 Å². The lowest BCUT2D eigenvalue weighted by molar-refractivity contribution is -0.137. The number of hydrogen-bond donors (Lipinski definition) is 2. The number of furan rings is 1. The molecular weight excluding hydrogens is 458 g/mol. The van der Waals surface area contributed by atoms with Gasteiger partial charge in [-0.3, -0.25) is 15.0 Å². The molecule has 0 saturated carbocycles. The maximum atomic E-state index is 13.6. The van der Waals surface area contributed by atoms with Crippen molar-refractivity contribution in [2.24, 2.45) is 0 Å². The Kier molecular flexibility index (Phi) is 5.60. The van der Waals surface area contributed by atoms with Crippen molar-refractivity contribution in [2.45, 2.75) is 10.8 Å². The van der Waals surface area contributed by atoms with Crippen LogP contribution in [0.25, 0.3) is 11.7 Å². The van der Waals surface area contributed by atoms with Gasteiger partial charge in [-0.05, 0) is 23.3 Å². The highest BCUT2D eigenvalue weighted by Gasteiger charge is 2.54. The number of urea groups is 1. The Morgan fingerprint density at radius 1 is 0.971 bits per heavy atom. The molecule has 2 aromatic carbocycles. The van der Waals surface area contributed by atoms with Gasteiger partial charge in [-0.1, -0.05) is 72.4 Å². The fraction of sp³-hybridized carbons (Fsp3) is 0.0870. The SMILES string of the molecule is O=C(CSc1nnc(-c2ccco2)o1)NN1C(=O)NC(c2ccccc2)(c2ccccc2)C1=O. The molecule has 0 atom stereocenters. The average molecular weight is 475 g/mol. The van der Waals surface area contributed by atoms with Crippen molar-refractivity contribution in [3.63, 3.8) is 0 Å². The molecular formula is C23H17N5O5S. The third-order valence-corrected chi connectivity index (χ3v) is 5.96. The van der Waals surface area contributed by atoms with Crippen LogP contribution in [0.4, 0.5) is 4.79 Å². The monoisotopic (exact) mass is 475 g/mol. The van der Waals surface area contributed by atoms with Gasteiger partial charge in [0.15, 0.2) is 11.3 Å². The van der Waals surface area contributed by atoms with Gasteiger partial charge in [0, 0.05) is 0 Å². The van der Waals surface area contributed by atoms with Crippen LogP contribution in [0.3, 0.4) is 0 Å². The van der Waals surface area contributed by atoms with Crippen molar-refractivity contribution in [3.8, 4) is 11.7 Å². The lowest BCUT2D eigenvalue weighted by Crippen LogP contribution is -2.49. The second-order valence-electron chi connectivity index (χ2n) is 7.23. The number of benzene rings is 2. The Morgan fingerprint density at radius 3 is 2.26 bits per heavy atom. The standard InChI is InChI=1S/C23H17N5O5S/c29-18(14-34-22-26-25-19(33-22)17-12-7-13-32-17)27-28-20(30)23(24-21(28)31,15-8-3-1-4-9-15)16-10-5-2-6-11-16/h1-13H,14H2,(H,24,31)(H,27,29). The molecule has 1 saturated heterocycles. The summed E-state index contributed by atoms with van der Waals surface area (Å²) in [5.41, 5.74) is 2.06. The molecule has 34 heavy (non-hydrogen) atoms. The molecule has 0 spiro atoms. The number of rotatable bonds is 7. The molecule has 4 amide bonds. The van der Waals surface area contributed by atoms with Crippen LogP contribution in [0.1, 0.15) is 11.1 Å². The van der Waals surface area contributed by atoms with E-state index in [1.165, 1.54) is 6.26 Å². The highest BCUT2D eigenvalue weighted by atomic mass is 32.2. The Bertz CT molecular complexity index is 1280. The van der Waals surface area contributed by atoms with Gasteiger partial charge in [-0.25, -0.2) is 4.79 Å². The molecule has 0 radical (unpaired) electrons. The number of imide groups is 1. The number of aromatic nitrogens is 2. The van der Waals surface area contributed by atoms with Crippen molar-refractivity contribution in [3.05, 3.63) is 90.2 Å². The van der Waals surface area contributed by atoms with Gasteiger partial charge < -0.3 is 14.2 Å². The number of nitrogens with one attached hydrogen (secondary N) is 2. The fourth-order valence-corrected chi connectivity index (χ4v) is 4.17. The van der Waals surface area contributed by atoms with Crippen LogP contribution in [-0.2, 0) is 15.1 Å².